The lowest BCUT2D eigenvalue weighted by molar-refractivity contribution is -0.147. The molecule has 0 radical (unpaired) electrons. The largest absolute Gasteiger partial charge is 0.481 e. The standard InChI is InChI=1S/C12H12ClNO5S/c13-7-1-3-8(4-2-7)20-6-10(15)14-9(12(18)19)5-11(16)17/h1-4,9H,5-6H2,(H,14,15)(H,16,17)(H,18,19). The Morgan fingerprint density at radius 2 is 1.80 bits per heavy atom. The molecule has 108 valence electrons. The molecule has 3 N–H and O–H groups in total. The first-order chi connectivity index (χ1) is 9.38. The van der Waals surface area contributed by atoms with E-state index in [1.165, 1.54) is 11.8 Å². The zero-order valence-electron chi connectivity index (χ0n) is 10.2. The van der Waals surface area contributed by atoms with Crippen LogP contribution in [0, 0.1) is 0 Å². The van der Waals surface area contributed by atoms with Crippen molar-refractivity contribution in [2.75, 3.05) is 5.75 Å². The fourth-order valence-corrected chi connectivity index (χ4v) is 2.13. The van der Waals surface area contributed by atoms with E-state index in [4.69, 9.17) is 21.8 Å². The van der Waals surface area contributed by atoms with Gasteiger partial charge in [-0.2, -0.15) is 0 Å². The van der Waals surface area contributed by atoms with Crippen LogP contribution in [0.4, 0.5) is 0 Å². The third kappa shape index (κ3) is 5.94. The smallest absolute Gasteiger partial charge is 0.326 e. The van der Waals surface area contributed by atoms with Crippen LogP contribution in [-0.2, 0) is 14.4 Å². The summed E-state index contributed by atoms with van der Waals surface area (Å²) in [5.41, 5.74) is 0. The number of hydrogen-bond acceptors (Lipinski definition) is 4. The average molecular weight is 318 g/mol. The van der Waals surface area contributed by atoms with E-state index >= 15 is 0 Å². The van der Waals surface area contributed by atoms with Crippen LogP contribution in [0.2, 0.25) is 5.02 Å². The van der Waals surface area contributed by atoms with Crippen LogP contribution in [0.25, 0.3) is 0 Å². The zero-order valence-corrected chi connectivity index (χ0v) is 11.8. The van der Waals surface area contributed by atoms with E-state index in [0.29, 0.717) is 5.02 Å². The van der Waals surface area contributed by atoms with E-state index in [9.17, 15) is 14.4 Å². The molecule has 0 aromatic heterocycles. The Morgan fingerprint density at radius 1 is 1.20 bits per heavy atom. The van der Waals surface area contributed by atoms with Crippen LogP contribution in [0.1, 0.15) is 6.42 Å². The van der Waals surface area contributed by atoms with E-state index in [0.717, 1.165) is 4.90 Å². The van der Waals surface area contributed by atoms with Gasteiger partial charge in [0, 0.05) is 9.92 Å². The Kier molecular flexibility index (Phi) is 6.33. The minimum absolute atomic E-state index is 0.00890. The van der Waals surface area contributed by atoms with Crippen LogP contribution >= 0.6 is 23.4 Å². The lowest BCUT2D eigenvalue weighted by atomic mass is 10.2. The highest BCUT2D eigenvalue weighted by Crippen LogP contribution is 2.19. The normalized spacial score (nSPS) is 11.7. The number of nitrogens with one attached hydrogen (secondary N) is 1. The molecule has 1 aromatic carbocycles. The summed E-state index contributed by atoms with van der Waals surface area (Å²) in [6, 6.07) is 5.38. The number of amides is 1. The number of halogens is 1. The van der Waals surface area contributed by atoms with E-state index in [2.05, 4.69) is 5.32 Å². The van der Waals surface area contributed by atoms with Crippen molar-refractivity contribution in [2.24, 2.45) is 0 Å². The Labute approximate surface area is 124 Å². The second kappa shape index (κ2) is 7.76. The van der Waals surface area contributed by atoms with Crippen molar-refractivity contribution in [1.82, 2.24) is 5.32 Å². The van der Waals surface area contributed by atoms with Crippen molar-refractivity contribution in [3.63, 3.8) is 0 Å². The van der Waals surface area contributed by atoms with Gasteiger partial charge in [0.2, 0.25) is 5.91 Å². The Morgan fingerprint density at radius 3 is 2.30 bits per heavy atom. The van der Waals surface area contributed by atoms with Gasteiger partial charge in [-0.05, 0) is 24.3 Å². The second-order valence-electron chi connectivity index (χ2n) is 3.80. The van der Waals surface area contributed by atoms with Crippen LogP contribution in [0.15, 0.2) is 29.2 Å². The third-order valence-corrected chi connectivity index (χ3v) is 3.46. The minimum atomic E-state index is -1.43. The molecule has 0 fully saturated rings. The van der Waals surface area contributed by atoms with Crippen molar-refractivity contribution >= 4 is 41.2 Å². The Balaban J connectivity index is 2.47. The molecular weight excluding hydrogens is 306 g/mol. The maximum Gasteiger partial charge on any atom is 0.326 e. The first-order valence-corrected chi connectivity index (χ1v) is 6.87. The second-order valence-corrected chi connectivity index (χ2v) is 5.28. The molecule has 20 heavy (non-hydrogen) atoms. The van der Waals surface area contributed by atoms with Gasteiger partial charge in [0.25, 0.3) is 0 Å². The molecule has 0 saturated heterocycles. The van der Waals surface area contributed by atoms with Gasteiger partial charge in [0.15, 0.2) is 0 Å². The number of carboxylic acids is 2. The predicted molar refractivity (Wildman–Crippen MR) is 74.0 cm³/mol. The first-order valence-electron chi connectivity index (χ1n) is 5.51. The number of carbonyl (C=O) groups excluding carboxylic acids is 1. The lowest BCUT2D eigenvalue weighted by Crippen LogP contribution is -2.43. The molecule has 0 aliphatic carbocycles. The van der Waals surface area contributed by atoms with Crippen LogP contribution in [-0.4, -0.2) is 39.9 Å². The number of thioether (sulfide) groups is 1. The van der Waals surface area contributed by atoms with Gasteiger partial charge in [0.05, 0.1) is 12.2 Å². The van der Waals surface area contributed by atoms with Crippen molar-refractivity contribution < 1.29 is 24.6 Å². The highest BCUT2D eigenvalue weighted by molar-refractivity contribution is 8.00. The summed E-state index contributed by atoms with van der Waals surface area (Å²) in [4.78, 5) is 33.6. The fourth-order valence-electron chi connectivity index (χ4n) is 1.29. The summed E-state index contributed by atoms with van der Waals surface area (Å²) in [6.45, 7) is 0. The SMILES string of the molecule is O=C(O)CC(NC(=O)CSc1ccc(Cl)cc1)C(=O)O. The number of hydrogen-bond donors (Lipinski definition) is 3. The van der Waals surface area contributed by atoms with Gasteiger partial charge < -0.3 is 15.5 Å². The van der Waals surface area contributed by atoms with Crippen molar-refractivity contribution in [3.8, 4) is 0 Å². The van der Waals surface area contributed by atoms with E-state index in [1.54, 1.807) is 24.3 Å². The molecule has 0 bridgehead atoms. The molecule has 0 aliphatic rings. The highest BCUT2D eigenvalue weighted by atomic mass is 35.5. The lowest BCUT2D eigenvalue weighted by Gasteiger charge is -2.12. The summed E-state index contributed by atoms with van der Waals surface area (Å²) in [7, 11) is 0. The van der Waals surface area contributed by atoms with Gasteiger partial charge in [-0.15, -0.1) is 11.8 Å². The molecule has 0 spiro atoms. The third-order valence-electron chi connectivity index (χ3n) is 2.20. The quantitative estimate of drug-likeness (QED) is 0.658. The summed E-state index contributed by atoms with van der Waals surface area (Å²) < 4.78 is 0. The molecule has 1 rings (SSSR count). The molecule has 0 saturated carbocycles. The molecular formula is C12H12ClNO5S. The number of aliphatic carboxylic acids is 2. The minimum Gasteiger partial charge on any atom is -0.481 e. The fraction of sp³-hybridized carbons (Fsp3) is 0.250. The number of carboxylic acid groups (broad SMARTS) is 2. The molecule has 0 aliphatic heterocycles. The van der Waals surface area contributed by atoms with Crippen LogP contribution in [0.5, 0.6) is 0 Å². The maximum absolute atomic E-state index is 11.6. The average Bonchev–Trinajstić information content (AvgIpc) is 2.36. The van der Waals surface area contributed by atoms with Gasteiger partial charge >= 0.3 is 11.9 Å². The molecule has 1 aromatic rings. The van der Waals surface area contributed by atoms with Crippen LogP contribution < -0.4 is 5.32 Å². The summed E-state index contributed by atoms with van der Waals surface area (Å²) in [6.07, 6.45) is -0.660. The van der Waals surface area contributed by atoms with Crippen molar-refractivity contribution in [2.45, 2.75) is 17.4 Å². The molecule has 8 heteroatoms. The summed E-state index contributed by atoms with van der Waals surface area (Å²) in [5.74, 6) is -3.22. The van der Waals surface area contributed by atoms with E-state index in [-0.39, 0.29) is 5.75 Å². The number of rotatable bonds is 7. The number of carbonyl (C=O) groups is 3. The number of benzene rings is 1. The molecule has 1 atom stereocenters. The summed E-state index contributed by atoms with van der Waals surface area (Å²) >= 11 is 6.92. The Hall–Kier alpha value is -1.73. The van der Waals surface area contributed by atoms with E-state index < -0.39 is 30.3 Å². The summed E-state index contributed by atoms with van der Waals surface area (Å²) in [5, 5.41) is 20.1. The van der Waals surface area contributed by atoms with Crippen LogP contribution in [0.3, 0.4) is 0 Å². The monoisotopic (exact) mass is 317 g/mol. The molecule has 1 amide bonds. The molecule has 0 heterocycles. The zero-order chi connectivity index (χ0) is 15.1. The maximum atomic E-state index is 11.6. The highest BCUT2D eigenvalue weighted by Gasteiger charge is 2.22. The Bertz CT molecular complexity index is 505. The van der Waals surface area contributed by atoms with E-state index in [1.807, 2.05) is 0 Å². The molecule has 6 nitrogen and oxygen atoms in total. The molecule has 1 unspecified atom stereocenters. The van der Waals surface area contributed by atoms with Crippen molar-refractivity contribution in [3.05, 3.63) is 29.3 Å². The predicted octanol–water partition coefficient (Wildman–Crippen LogP) is 1.48. The first kappa shape index (κ1) is 16.3. The van der Waals surface area contributed by atoms with Gasteiger partial charge in [0.1, 0.15) is 6.04 Å². The van der Waals surface area contributed by atoms with Gasteiger partial charge in [-0.1, -0.05) is 11.6 Å². The van der Waals surface area contributed by atoms with Gasteiger partial charge in [-0.25, -0.2) is 4.79 Å². The topological polar surface area (TPSA) is 104 Å². The van der Waals surface area contributed by atoms with Gasteiger partial charge in [-0.3, -0.25) is 9.59 Å². The van der Waals surface area contributed by atoms with Crippen molar-refractivity contribution in [1.29, 1.82) is 0 Å².